The molecule has 0 atom stereocenters. The molecular formula is C32H40O4. The van der Waals surface area contributed by atoms with Crippen LogP contribution in [-0.2, 0) is 10.8 Å². The third-order valence-electron chi connectivity index (χ3n) is 9.65. The summed E-state index contributed by atoms with van der Waals surface area (Å²) in [7, 11) is 0. The van der Waals surface area contributed by atoms with E-state index >= 15 is 0 Å². The van der Waals surface area contributed by atoms with Crippen LogP contribution in [0.1, 0.15) is 135 Å². The van der Waals surface area contributed by atoms with Gasteiger partial charge in [0.2, 0.25) is 0 Å². The second kappa shape index (κ2) is 7.94. The number of aldehydes is 2. The molecule has 6 rings (SSSR count). The molecule has 0 aliphatic heterocycles. The van der Waals surface area contributed by atoms with E-state index in [0.29, 0.717) is 11.1 Å². The fourth-order valence-electron chi connectivity index (χ4n) is 9.34. The van der Waals surface area contributed by atoms with E-state index in [9.17, 15) is 19.8 Å². The number of benzene rings is 2. The van der Waals surface area contributed by atoms with Crippen LogP contribution < -0.4 is 0 Å². The number of carbonyl (C=O) groups excluding carboxylic acids is 2. The number of aromatic hydroxyl groups is 2. The molecule has 0 saturated heterocycles. The highest BCUT2D eigenvalue weighted by molar-refractivity contribution is 5.82. The summed E-state index contributed by atoms with van der Waals surface area (Å²) in [5, 5.41) is 21.5. The minimum atomic E-state index is -0.107. The zero-order valence-electron chi connectivity index (χ0n) is 22.6. The van der Waals surface area contributed by atoms with Crippen molar-refractivity contribution < 1.29 is 19.8 Å². The van der Waals surface area contributed by atoms with Gasteiger partial charge in [-0.1, -0.05) is 53.7 Å². The summed E-state index contributed by atoms with van der Waals surface area (Å²) in [6.07, 6.45) is 7.95. The van der Waals surface area contributed by atoms with E-state index in [4.69, 9.17) is 0 Å². The molecule has 36 heavy (non-hydrogen) atoms. The molecule has 0 spiro atoms. The smallest absolute Gasteiger partial charge is 0.153 e. The van der Waals surface area contributed by atoms with E-state index in [0.717, 1.165) is 55.8 Å². The van der Waals surface area contributed by atoms with Crippen molar-refractivity contribution in [2.75, 3.05) is 0 Å². The average Bonchev–Trinajstić information content (AvgIpc) is 2.76. The Labute approximate surface area is 215 Å². The van der Waals surface area contributed by atoms with Gasteiger partial charge in [0.25, 0.3) is 0 Å². The largest absolute Gasteiger partial charge is 0.507 e. The molecule has 2 aromatic carbocycles. The first kappa shape index (κ1) is 25.0. The van der Waals surface area contributed by atoms with Crippen molar-refractivity contribution in [1.82, 2.24) is 0 Å². The van der Waals surface area contributed by atoms with Crippen molar-refractivity contribution in [2.24, 2.45) is 10.8 Å². The summed E-state index contributed by atoms with van der Waals surface area (Å²) in [6.45, 7) is 13.1. The molecule has 192 valence electrons. The van der Waals surface area contributed by atoms with Gasteiger partial charge in [-0.25, -0.2) is 0 Å². The molecular weight excluding hydrogens is 448 g/mol. The fraction of sp³-hybridized carbons (Fsp3) is 0.562. The molecule has 4 fully saturated rings. The van der Waals surface area contributed by atoms with E-state index in [1.807, 2.05) is 12.1 Å². The van der Waals surface area contributed by atoms with Gasteiger partial charge in [0.15, 0.2) is 12.6 Å². The lowest BCUT2D eigenvalue weighted by Crippen LogP contribution is -2.62. The van der Waals surface area contributed by atoms with Gasteiger partial charge >= 0.3 is 0 Å². The molecule has 4 aliphatic rings. The van der Waals surface area contributed by atoms with Crippen molar-refractivity contribution in [3.63, 3.8) is 0 Å². The van der Waals surface area contributed by atoms with Crippen LogP contribution in [0.25, 0.3) is 0 Å². The Balaban J connectivity index is 1.74. The summed E-state index contributed by atoms with van der Waals surface area (Å²) in [5.74, 6) is 0.435. The Bertz CT molecular complexity index is 1140. The predicted molar refractivity (Wildman–Crippen MR) is 142 cm³/mol. The summed E-state index contributed by atoms with van der Waals surface area (Å²) < 4.78 is 0. The Kier molecular flexibility index (Phi) is 5.52. The molecule has 4 heteroatoms. The summed E-state index contributed by atoms with van der Waals surface area (Å²) in [6, 6.07) is 8.20. The van der Waals surface area contributed by atoms with Crippen LogP contribution in [0.15, 0.2) is 24.3 Å². The second-order valence-corrected chi connectivity index (χ2v) is 13.8. The molecule has 2 aromatic rings. The van der Waals surface area contributed by atoms with Gasteiger partial charge in [-0.05, 0) is 106 Å². The lowest BCUT2D eigenvalue weighted by atomic mass is 9.34. The highest BCUT2D eigenvalue weighted by Crippen LogP contribution is 2.74. The van der Waals surface area contributed by atoms with Gasteiger partial charge in [-0.15, -0.1) is 0 Å². The maximum absolute atomic E-state index is 12.0. The SMILES string of the molecule is CC(C)c1cc(C23CC4(C)CC(C)(C2)CC(c2cc(C=O)c(O)c(C(C)C)c2)(C4)C3)cc(C=O)c1O. The minimum Gasteiger partial charge on any atom is -0.507 e. The monoisotopic (exact) mass is 488 g/mol. The van der Waals surface area contributed by atoms with Gasteiger partial charge in [0.1, 0.15) is 11.5 Å². The van der Waals surface area contributed by atoms with Crippen molar-refractivity contribution in [2.45, 2.75) is 103 Å². The van der Waals surface area contributed by atoms with Crippen LogP contribution in [0.5, 0.6) is 11.5 Å². The average molecular weight is 489 g/mol. The first-order valence-electron chi connectivity index (χ1n) is 13.4. The Morgan fingerprint density at radius 2 is 1.00 bits per heavy atom. The zero-order chi connectivity index (χ0) is 26.3. The number of hydrogen-bond acceptors (Lipinski definition) is 4. The van der Waals surface area contributed by atoms with Gasteiger partial charge in [0, 0.05) is 0 Å². The van der Waals surface area contributed by atoms with E-state index in [1.54, 1.807) is 0 Å². The lowest BCUT2D eigenvalue weighted by molar-refractivity contribution is -0.126. The maximum atomic E-state index is 12.0. The second-order valence-electron chi connectivity index (χ2n) is 13.8. The van der Waals surface area contributed by atoms with Gasteiger partial charge in [-0.3, -0.25) is 9.59 Å². The third kappa shape index (κ3) is 3.63. The van der Waals surface area contributed by atoms with Crippen molar-refractivity contribution >= 4 is 12.6 Å². The van der Waals surface area contributed by atoms with Crippen LogP contribution in [0.3, 0.4) is 0 Å². The lowest BCUT2D eigenvalue weighted by Gasteiger charge is -2.70. The van der Waals surface area contributed by atoms with Crippen LogP contribution in [0.2, 0.25) is 0 Å². The fourth-order valence-corrected chi connectivity index (χ4v) is 9.34. The number of carbonyl (C=O) groups is 2. The van der Waals surface area contributed by atoms with E-state index in [1.165, 1.54) is 17.5 Å². The first-order valence-corrected chi connectivity index (χ1v) is 13.4. The molecule has 4 nitrogen and oxygen atoms in total. The van der Waals surface area contributed by atoms with E-state index in [-0.39, 0.29) is 45.0 Å². The van der Waals surface area contributed by atoms with Crippen molar-refractivity contribution in [3.8, 4) is 11.5 Å². The van der Waals surface area contributed by atoms with Gasteiger partial charge in [0.05, 0.1) is 11.1 Å². The topological polar surface area (TPSA) is 74.6 Å². The molecule has 4 bridgehead atoms. The summed E-state index contributed by atoms with van der Waals surface area (Å²) in [4.78, 5) is 24.0. The number of phenolic OH excluding ortho intramolecular Hbond substituents is 2. The molecule has 0 heterocycles. The predicted octanol–water partition coefficient (Wildman–Crippen LogP) is 7.54. The van der Waals surface area contributed by atoms with Crippen LogP contribution in [0, 0.1) is 10.8 Å². The molecule has 4 aliphatic carbocycles. The van der Waals surface area contributed by atoms with Crippen LogP contribution in [0.4, 0.5) is 0 Å². The van der Waals surface area contributed by atoms with Crippen molar-refractivity contribution in [3.05, 3.63) is 57.6 Å². The number of phenols is 2. The zero-order valence-corrected chi connectivity index (χ0v) is 22.6. The van der Waals surface area contributed by atoms with Gasteiger partial charge in [-0.2, -0.15) is 0 Å². The summed E-state index contributed by atoms with van der Waals surface area (Å²) >= 11 is 0. The maximum Gasteiger partial charge on any atom is 0.153 e. The van der Waals surface area contributed by atoms with Gasteiger partial charge < -0.3 is 10.2 Å². The molecule has 4 saturated carbocycles. The highest BCUT2D eigenvalue weighted by Gasteiger charge is 2.66. The van der Waals surface area contributed by atoms with Crippen LogP contribution >= 0.6 is 0 Å². The molecule has 0 amide bonds. The van der Waals surface area contributed by atoms with E-state index < -0.39 is 0 Å². The minimum absolute atomic E-state index is 0.107. The Hall–Kier alpha value is -2.62. The van der Waals surface area contributed by atoms with Crippen molar-refractivity contribution in [1.29, 1.82) is 0 Å². The third-order valence-corrected chi connectivity index (χ3v) is 9.65. The van der Waals surface area contributed by atoms with Crippen LogP contribution in [-0.4, -0.2) is 22.8 Å². The Morgan fingerprint density at radius 1 is 0.639 bits per heavy atom. The summed E-state index contributed by atoms with van der Waals surface area (Å²) in [5.41, 5.74) is 4.84. The van der Waals surface area contributed by atoms with E-state index in [2.05, 4.69) is 53.7 Å². The Morgan fingerprint density at radius 3 is 1.31 bits per heavy atom. The normalized spacial score (nSPS) is 32.9. The first-order chi connectivity index (χ1) is 16.8. The standard InChI is InChI=1S/C32H40O4/c1-19(2)25-9-23(7-21(11-33)27(25)35)31-14-29(5)13-30(6,15-31)17-32(16-29,18-31)24-8-22(12-34)28(36)26(10-24)20(3)4/h7-12,19-20,35-36H,13-18H2,1-6H3. The molecule has 0 aromatic heterocycles. The molecule has 0 unspecified atom stereocenters. The molecule has 2 N–H and O–H groups in total. The molecule has 0 radical (unpaired) electrons. The highest BCUT2D eigenvalue weighted by atomic mass is 16.3. The number of rotatable bonds is 6. The quantitative estimate of drug-likeness (QED) is 0.412. The number of hydrogen-bond donors (Lipinski definition) is 2.